The Labute approximate surface area is 190 Å². The van der Waals surface area contributed by atoms with Crippen molar-refractivity contribution in [3.05, 3.63) is 75.3 Å². The van der Waals surface area contributed by atoms with Gasteiger partial charge < -0.3 is 14.7 Å². The number of carbonyl (C=O) groups excluding carboxylic acids is 2. The van der Waals surface area contributed by atoms with Gasteiger partial charge in [-0.1, -0.05) is 57.9 Å². The number of morpholine rings is 1. The largest absolute Gasteiger partial charge is 0.507 e. The topological polar surface area (TPSA) is 70.1 Å². The molecule has 2 aromatic carbocycles. The molecule has 2 saturated heterocycles. The van der Waals surface area contributed by atoms with E-state index >= 15 is 0 Å². The van der Waals surface area contributed by atoms with Crippen molar-refractivity contribution in [1.82, 2.24) is 9.80 Å². The third kappa shape index (κ3) is 4.59. The molecule has 1 unspecified atom stereocenters. The molecular weight excluding hydrogens is 460 g/mol. The number of hydrogen-bond donors (Lipinski definition) is 1. The molecule has 1 atom stereocenters. The molecule has 1 N–H and O–H groups in total. The van der Waals surface area contributed by atoms with Crippen LogP contribution in [0.4, 0.5) is 0 Å². The lowest BCUT2D eigenvalue weighted by atomic mass is 9.95. The Kier molecular flexibility index (Phi) is 6.55. The second kappa shape index (κ2) is 9.34. The molecule has 2 fully saturated rings. The molecule has 162 valence electrons. The van der Waals surface area contributed by atoms with Gasteiger partial charge in [0.1, 0.15) is 5.76 Å². The van der Waals surface area contributed by atoms with Crippen LogP contribution >= 0.6 is 15.9 Å². The SMILES string of the molecule is Cc1ccc(C2/C(=C(\O)c3ccc(Br)cc3)C(=O)C(=O)N2CCN2CCOCC2)cc1. The summed E-state index contributed by atoms with van der Waals surface area (Å²) in [6, 6.07) is 14.2. The molecular formula is C24H25BrN2O4. The van der Waals surface area contributed by atoms with Crippen LogP contribution in [0.2, 0.25) is 0 Å². The van der Waals surface area contributed by atoms with Gasteiger partial charge in [0.05, 0.1) is 24.8 Å². The van der Waals surface area contributed by atoms with Crippen molar-refractivity contribution in [3.63, 3.8) is 0 Å². The highest BCUT2D eigenvalue weighted by molar-refractivity contribution is 9.10. The van der Waals surface area contributed by atoms with Gasteiger partial charge >= 0.3 is 0 Å². The van der Waals surface area contributed by atoms with Crippen LogP contribution in [-0.2, 0) is 14.3 Å². The molecule has 0 bridgehead atoms. The van der Waals surface area contributed by atoms with Crippen LogP contribution in [0.25, 0.3) is 5.76 Å². The molecule has 2 aliphatic heterocycles. The molecule has 6 nitrogen and oxygen atoms in total. The van der Waals surface area contributed by atoms with Crippen LogP contribution in [0.1, 0.15) is 22.7 Å². The van der Waals surface area contributed by atoms with Gasteiger partial charge in [0.25, 0.3) is 11.7 Å². The van der Waals surface area contributed by atoms with E-state index in [0.29, 0.717) is 31.9 Å². The summed E-state index contributed by atoms with van der Waals surface area (Å²) >= 11 is 3.38. The molecule has 0 spiro atoms. The predicted molar refractivity (Wildman–Crippen MR) is 122 cm³/mol. The minimum atomic E-state index is -0.645. The molecule has 2 aliphatic rings. The molecule has 0 aliphatic carbocycles. The number of Topliss-reactive ketones (excluding diaryl/α,β-unsaturated/α-hetero) is 1. The fraction of sp³-hybridized carbons (Fsp3) is 0.333. The standard InChI is InChI=1S/C24H25BrN2O4/c1-16-2-4-17(5-3-16)21-20(22(28)18-6-8-19(25)9-7-18)23(29)24(30)27(21)11-10-26-12-14-31-15-13-26/h2-9,21,28H,10-15H2,1H3/b22-20+. The second-order valence-electron chi connectivity index (χ2n) is 7.86. The Morgan fingerprint density at radius 2 is 1.68 bits per heavy atom. The number of ether oxygens (including phenoxy) is 1. The van der Waals surface area contributed by atoms with E-state index in [9.17, 15) is 14.7 Å². The number of likely N-dealkylation sites (tertiary alicyclic amines) is 1. The Hall–Kier alpha value is -2.48. The summed E-state index contributed by atoms with van der Waals surface area (Å²) in [5, 5.41) is 11.1. The number of carbonyl (C=O) groups is 2. The zero-order chi connectivity index (χ0) is 22.0. The van der Waals surface area contributed by atoms with Gasteiger partial charge in [-0.25, -0.2) is 0 Å². The lowest BCUT2D eigenvalue weighted by molar-refractivity contribution is -0.140. The molecule has 0 aromatic heterocycles. The van der Waals surface area contributed by atoms with E-state index in [1.165, 1.54) is 0 Å². The van der Waals surface area contributed by atoms with Gasteiger partial charge in [-0.2, -0.15) is 0 Å². The summed E-state index contributed by atoms with van der Waals surface area (Å²) in [6.45, 7) is 5.99. The number of aliphatic hydroxyl groups is 1. The molecule has 2 heterocycles. The fourth-order valence-electron chi connectivity index (χ4n) is 4.04. The number of nitrogens with zero attached hydrogens (tertiary/aromatic N) is 2. The van der Waals surface area contributed by atoms with E-state index in [1.807, 2.05) is 31.2 Å². The molecule has 2 aromatic rings. The van der Waals surface area contributed by atoms with Crippen LogP contribution < -0.4 is 0 Å². The van der Waals surface area contributed by atoms with Crippen LogP contribution in [0.3, 0.4) is 0 Å². The van der Waals surface area contributed by atoms with Crippen LogP contribution in [0.5, 0.6) is 0 Å². The molecule has 31 heavy (non-hydrogen) atoms. The first-order chi connectivity index (χ1) is 15.0. The average Bonchev–Trinajstić information content (AvgIpc) is 3.04. The van der Waals surface area contributed by atoms with Crippen molar-refractivity contribution in [3.8, 4) is 0 Å². The van der Waals surface area contributed by atoms with Crippen LogP contribution in [0.15, 0.2) is 58.6 Å². The first-order valence-electron chi connectivity index (χ1n) is 10.4. The van der Waals surface area contributed by atoms with Gasteiger partial charge in [-0.3, -0.25) is 14.5 Å². The van der Waals surface area contributed by atoms with E-state index in [4.69, 9.17) is 4.74 Å². The highest BCUT2D eigenvalue weighted by atomic mass is 79.9. The number of halogens is 1. The second-order valence-corrected chi connectivity index (χ2v) is 8.78. The van der Waals surface area contributed by atoms with Gasteiger partial charge in [0.15, 0.2) is 0 Å². The monoisotopic (exact) mass is 484 g/mol. The molecule has 0 radical (unpaired) electrons. The van der Waals surface area contributed by atoms with Crippen molar-refractivity contribution in [2.45, 2.75) is 13.0 Å². The molecule has 4 rings (SSSR count). The highest BCUT2D eigenvalue weighted by Gasteiger charge is 2.46. The Morgan fingerprint density at radius 3 is 2.32 bits per heavy atom. The third-order valence-corrected chi connectivity index (χ3v) is 6.34. The van der Waals surface area contributed by atoms with E-state index in [0.717, 1.165) is 28.7 Å². The minimum absolute atomic E-state index is 0.137. The summed E-state index contributed by atoms with van der Waals surface area (Å²) in [5.41, 5.74) is 2.54. The minimum Gasteiger partial charge on any atom is -0.507 e. The first-order valence-corrected chi connectivity index (χ1v) is 11.2. The molecule has 1 amide bonds. The van der Waals surface area contributed by atoms with Crippen LogP contribution in [-0.4, -0.2) is 66.0 Å². The summed E-state index contributed by atoms with van der Waals surface area (Å²) in [6.07, 6.45) is 0. The zero-order valence-corrected chi connectivity index (χ0v) is 19.0. The Balaban J connectivity index is 1.72. The van der Waals surface area contributed by atoms with Crippen molar-refractivity contribution in [1.29, 1.82) is 0 Å². The number of amides is 1. The number of ketones is 1. The average molecular weight is 485 g/mol. The number of aryl methyl sites for hydroxylation is 1. The van der Waals surface area contributed by atoms with Gasteiger partial charge in [0, 0.05) is 36.2 Å². The summed E-state index contributed by atoms with van der Waals surface area (Å²) in [4.78, 5) is 29.9. The number of hydrogen-bond acceptors (Lipinski definition) is 5. The number of rotatable bonds is 5. The predicted octanol–water partition coefficient (Wildman–Crippen LogP) is 3.51. The van der Waals surface area contributed by atoms with Crippen molar-refractivity contribution in [2.75, 3.05) is 39.4 Å². The summed E-state index contributed by atoms with van der Waals surface area (Å²) in [7, 11) is 0. The van der Waals surface area contributed by atoms with Crippen molar-refractivity contribution in [2.24, 2.45) is 0 Å². The van der Waals surface area contributed by atoms with Crippen molar-refractivity contribution < 1.29 is 19.4 Å². The quantitative estimate of drug-likeness (QED) is 0.399. The maximum Gasteiger partial charge on any atom is 0.295 e. The van der Waals surface area contributed by atoms with Gasteiger partial charge in [-0.15, -0.1) is 0 Å². The third-order valence-electron chi connectivity index (χ3n) is 5.81. The maximum atomic E-state index is 13.0. The lowest BCUT2D eigenvalue weighted by Crippen LogP contribution is -2.42. The van der Waals surface area contributed by atoms with E-state index in [-0.39, 0.29) is 11.3 Å². The molecule has 7 heteroatoms. The normalized spacial score (nSPS) is 21.6. The maximum absolute atomic E-state index is 13.0. The molecule has 0 saturated carbocycles. The van der Waals surface area contributed by atoms with Gasteiger partial charge in [-0.05, 0) is 24.6 Å². The van der Waals surface area contributed by atoms with E-state index in [2.05, 4.69) is 20.8 Å². The fourth-order valence-corrected chi connectivity index (χ4v) is 4.31. The zero-order valence-electron chi connectivity index (χ0n) is 17.4. The summed E-state index contributed by atoms with van der Waals surface area (Å²) < 4.78 is 6.26. The van der Waals surface area contributed by atoms with Crippen LogP contribution in [0, 0.1) is 6.92 Å². The van der Waals surface area contributed by atoms with E-state index < -0.39 is 17.7 Å². The highest BCUT2D eigenvalue weighted by Crippen LogP contribution is 2.39. The Morgan fingerprint density at radius 1 is 1.03 bits per heavy atom. The smallest absolute Gasteiger partial charge is 0.295 e. The number of benzene rings is 2. The lowest BCUT2D eigenvalue weighted by Gasteiger charge is -2.31. The van der Waals surface area contributed by atoms with Crippen molar-refractivity contribution >= 4 is 33.4 Å². The van der Waals surface area contributed by atoms with Gasteiger partial charge in [0.2, 0.25) is 0 Å². The number of aliphatic hydroxyl groups excluding tert-OH is 1. The Bertz CT molecular complexity index is 995. The first kappa shape index (κ1) is 21.7. The van der Waals surface area contributed by atoms with E-state index in [1.54, 1.807) is 29.2 Å². The summed E-state index contributed by atoms with van der Waals surface area (Å²) in [5.74, 6) is -1.37.